The highest BCUT2D eigenvalue weighted by atomic mass is 16.6. The lowest BCUT2D eigenvalue weighted by atomic mass is 9.82. The van der Waals surface area contributed by atoms with Crippen LogP contribution in [0.15, 0.2) is 18.5 Å². The third kappa shape index (κ3) is 2.94. The first-order valence-corrected chi connectivity index (χ1v) is 9.21. The zero-order valence-electron chi connectivity index (χ0n) is 15.8. The van der Waals surface area contributed by atoms with Crippen LogP contribution < -0.4 is 0 Å². The van der Waals surface area contributed by atoms with Crippen molar-refractivity contribution < 1.29 is 14.6 Å². The van der Waals surface area contributed by atoms with E-state index < -0.39 is 11.2 Å². The third-order valence-corrected chi connectivity index (χ3v) is 5.34. The highest BCUT2D eigenvalue weighted by Crippen LogP contribution is 2.46. The number of aliphatic hydroxyl groups is 1. The summed E-state index contributed by atoms with van der Waals surface area (Å²) in [6.07, 6.45) is 6.10. The molecule has 0 aromatic carbocycles. The van der Waals surface area contributed by atoms with Crippen LogP contribution in [0.5, 0.6) is 0 Å². The number of hydrogen-bond acceptors (Lipinski definition) is 5. The first-order chi connectivity index (χ1) is 12.1. The molecule has 2 fully saturated rings. The maximum absolute atomic E-state index is 12.6. The quantitative estimate of drug-likeness (QED) is 0.848. The molecule has 0 saturated carbocycles. The minimum atomic E-state index is -0.995. The lowest BCUT2D eigenvalue weighted by Gasteiger charge is -2.43. The van der Waals surface area contributed by atoms with Crippen molar-refractivity contribution in [1.82, 2.24) is 19.5 Å². The number of carbonyl (C=O) groups is 1. The van der Waals surface area contributed by atoms with Crippen molar-refractivity contribution in [3.63, 3.8) is 0 Å². The Hall–Kier alpha value is -2.15. The second-order valence-electron chi connectivity index (χ2n) is 8.64. The Bertz CT molecular complexity index is 840. The van der Waals surface area contributed by atoms with Crippen LogP contribution >= 0.6 is 0 Å². The summed E-state index contributed by atoms with van der Waals surface area (Å²) >= 11 is 0. The largest absolute Gasteiger partial charge is 0.444 e. The maximum Gasteiger partial charge on any atom is 0.410 e. The number of aromatic nitrogens is 3. The van der Waals surface area contributed by atoms with E-state index in [9.17, 15) is 9.90 Å². The van der Waals surface area contributed by atoms with Gasteiger partial charge >= 0.3 is 6.09 Å². The van der Waals surface area contributed by atoms with Gasteiger partial charge in [-0.15, -0.1) is 0 Å². The monoisotopic (exact) mass is 358 g/mol. The molecule has 7 nitrogen and oxygen atoms in total. The average Bonchev–Trinajstić information content (AvgIpc) is 3.02. The molecule has 0 radical (unpaired) electrons. The fourth-order valence-electron chi connectivity index (χ4n) is 4.31. The van der Waals surface area contributed by atoms with Gasteiger partial charge in [-0.05, 0) is 40.5 Å². The first kappa shape index (κ1) is 17.3. The van der Waals surface area contributed by atoms with Gasteiger partial charge in [0.2, 0.25) is 0 Å². The van der Waals surface area contributed by atoms with E-state index in [0.29, 0.717) is 12.8 Å². The summed E-state index contributed by atoms with van der Waals surface area (Å²) in [7, 11) is 0. The van der Waals surface area contributed by atoms with Gasteiger partial charge in [0.05, 0.1) is 11.3 Å². The SMILES string of the molecule is Cc1cc2ncc(C3(O)CC4CCC(C3)N4C(=O)OC(C)(C)C)cn2n1. The van der Waals surface area contributed by atoms with Gasteiger partial charge in [-0.2, -0.15) is 5.10 Å². The second-order valence-corrected chi connectivity index (χ2v) is 8.64. The molecule has 26 heavy (non-hydrogen) atoms. The van der Waals surface area contributed by atoms with Crippen LogP contribution in [0, 0.1) is 6.92 Å². The number of aryl methyl sites for hydroxylation is 1. The van der Waals surface area contributed by atoms with Gasteiger partial charge in [0.25, 0.3) is 0 Å². The molecule has 2 bridgehead atoms. The molecule has 2 aliphatic rings. The number of piperidine rings is 1. The zero-order chi connectivity index (χ0) is 18.7. The van der Waals surface area contributed by atoms with Crippen LogP contribution in [0.3, 0.4) is 0 Å². The molecular weight excluding hydrogens is 332 g/mol. The average molecular weight is 358 g/mol. The fourth-order valence-corrected chi connectivity index (χ4v) is 4.31. The number of fused-ring (bicyclic) bond motifs is 3. The first-order valence-electron chi connectivity index (χ1n) is 9.21. The van der Waals surface area contributed by atoms with Gasteiger partial charge in [0.15, 0.2) is 5.65 Å². The van der Waals surface area contributed by atoms with E-state index in [0.717, 1.165) is 29.7 Å². The van der Waals surface area contributed by atoms with Gasteiger partial charge in [-0.25, -0.2) is 14.3 Å². The van der Waals surface area contributed by atoms with Crippen molar-refractivity contribution in [2.24, 2.45) is 0 Å². The summed E-state index contributed by atoms with van der Waals surface area (Å²) in [5.41, 5.74) is 0.905. The summed E-state index contributed by atoms with van der Waals surface area (Å²) in [5.74, 6) is 0. The van der Waals surface area contributed by atoms with E-state index in [1.165, 1.54) is 0 Å². The van der Waals surface area contributed by atoms with E-state index in [1.54, 1.807) is 10.7 Å². The Labute approximate surface area is 153 Å². The number of carbonyl (C=O) groups excluding carboxylic acids is 1. The van der Waals surface area contributed by atoms with E-state index in [2.05, 4.69) is 10.1 Å². The molecule has 2 aliphatic heterocycles. The van der Waals surface area contributed by atoms with Gasteiger partial charge < -0.3 is 14.7 Å². The molecule has 2 unspecified atom stereocenters. The summed E-state index contributed by atoms with van der Waals surface area (Å²) in [4.78, 5) is 18.9. The number of rotatable bonds is 1. The Morgan fingerprint density at radius 2 is 1.96 bits per heavy atom. The number of amides is 1. The molecule has 0 spiro atoms. The van der Waals surface area contributed by atoms with Crippen LogP contribution in [-0.2, 0) is 10.3 Å². The predicted octanol–water partition coefficient (Wildman–Crippen LogP) is 2.79. The summed E-state index contributed by atoms with van der Waals surface area (Å²) in [5, 5.41) is 15.8. The van der Waals surface area contributed by atoms with Crippen LogP contribution in [0.25, 0.3) is 5.65 Å². The Morgan fingerprint density at radius 1 is 1.31 bits per heavy atom. The van der Waals surface area contributed by atoms with Crippen molar-refractivity contribution in [1.29, 1.82) is 0 Å². The summed E-state index contributed by atoms with van der Waals surface area (Å²) in [6, 6.07) is 1.88. The minimum Gasteiger partial charge on any atom is -0.444 e. The van der Waals surface area contributed by atoms with Crippen molar-refractivity contribution >= 4 is 11.7 Å². The highest BCUT2D eigenvalue weighted by molar-refractivity contribution is 5.69. The Kier molecular flexibility index (Phi) is 3.77. The van der Waals surface area contributed by atoms with Crippen LogP contribution in [0.4, 0.5) is 4.79 Å². The van der Waals surface area contributed by atoms with Crippen molar-refractivity contribution in [3.8, 4) is 0 Å². The maximum atomic E-state index is 12.6. The van der Waals surface area contributed by atoms with E-state index in [1.807, 2.05) is 44.9 Å². The zero-order valence-corrected chi connectivity index (χ0v) is 15.8. The van der Waals surface area contributed by atoms with E-state index in [4.69, 9.17) is 4.74 Å². The normalized spacial score (nSPS) is 28.6. The second kappa shape index (κ2) is 5.67. The van der Waals surface area contributed by atoms with Crippen molar-refractivity contribution in [3.05, 3.63) is 29.7 Å². The number of ether oxygens (including phenoxy) is 1. The van der Waals surface area contributed by atoms with Gasteiger partial charge in [-0.1, -0.05) is 0 Å². The van der Waals surface area contributed by atoms with Crippen molar-refractivity contribution in [2.45, 2.75) is 76.7 Å². The molecular formula is C19H26N4O3. The summed E-state index contributed by atoms with van der Waals surface area (Å²) < 4.78 is 7.28. The van der Waals surface area contributed by atoms with Gasteiger partial charge in [-0.3, -0.25) is 0 Å². The molecule has 2 atom stereocenters. The summed E-state index contributed by atoms with van der Waals surface area (Å²) in [6.45, 7) is 7.54. The van der Waals surface area contributed by atoms with Crippen LogP contribution in [0.1, 0.15) is 57.7 Å². The fraction of sp³-hybridized carbons (Fsp3) is 0.632. The molecule has 2 saturated heterocycles. The van der Waals surface area contributed by atoms with E-state index in [-0.39, 0.29) is 18.2 Å². The van der Waals surface area contributed by atoms with E-state index >= 15 is 0 Å². The minimum absolute atomic E-state index is 0.0105. The molecule has 1 amide bonds. The smallest absolute Gasteiger partial charge is 0.410 e. The molecule has 0 aliphatic carbocycles. The number of nitrogens with zero attached hydrogens (tertiary/aromatic N) is 4. The molecule has 1 N–H and O–H groups in total. The molecule has 4 heterocycles. The van der Waals surface area contributed by atoms with Crippen LogP contribution in [-0.4, -0.2) is 48.4 Å². The standard InChI is InChI=1S/C19H26N4O3/c1-12-7-16-20-10-13(11-22(16)21-12)19(25)8-14-5-6-15(9-19)23(14)17(24)26-18(2,3)4/h7,10-11,14-15,25H,5-6,8-9H2,1-4H3. The highest BCUT2D eigenvalue weighted by Gasteiger charge is 2.51. The Balaban J connectivity index is 1.59. The van der Waals surface area contributed by atoms with Crippen molar-refractivity contribution in [2.75, 3.05) is 0 Å². The number of hydrogen-bond donors (Lipinski definition) is 1. The van der Waals surface area contributed by atoms with Gasteiger partial charge in [0, 0.05) is 48.9 Å². The predicted molar refractivity (Wildman–Crippen MR) is 95.7 cm³/mol. The third-order valence-electron chi connectivity index (χ3n) is 5.34. The molecule has 4 rings (SSSR count). The lowest BCUT2D eigenvalue weighted by molar-refractivity contribution is -0.0628. The van der Waals surface area contributed by atoms with Gasteiger partial charge in [0.1, 0.15) is 5.60 Å². The molecule has 2 aromatic heterocycles. The molecule has 7 heteroatoms. The molecule has 140 valence electrons. The van der Waals surface area contributed by atoms with Crippen LogP contribution in [0.2, 0.25) is 0 Å². The topological polar surface area (TPSA) is 80.0 Å². The lowest BCUT2D eigenvalue weighted by Crippen LogP contribution is -2.53. The molecule has 2 aromatic rings. The Morgan fingerprint density at radius 3 is 2.58 bits per heavy atom.